The zero-order valence-electron chi connectivity index (χ0n) is 19.9. The lowest BCUT2D eigenvalue weighted by Crippen LogP contribution is -2.39. The van der Waals surface area contributed by atoms with Crippen molar-refractivity contribution in [2.75, 3.05) is 64.3 Å². The van der Waals surface area contributed by atoms with E-state index >= 15 is 0 Å². The van der Waals surface area contributed by atoms with E-state index in [1.54, 1.807) is 30.9 Å². The molecule has 2 heterocycles. The summed E-state index contributed by atoms with van der Waals surface area (Å²) in [4.78, 5) is 23.9. The van der Waals surface area contributed by atoms with E-state index in [-0.39, 0.29) is 5.91 Å². The highest BCUT2D eigenvalue weighted by Gasteiger charge is 2.24. The number of methoxy groups -OCH3 is 2. The van der Waals surface area contributed by atoms with Gasteiger partial charge in [0.25, 0.3) is 5.91 Å². The third-order valence-electron chi connectivity index (χ3n) is 5.73. The number of fused-ring (bicyclic) bond motifs is 1. The Labute approximate surface area is 209 Å². The van der Waals surface area contributed by atoms with E-state index in [9.17, 15) is 4.79 Å². The second-order valence-electron chi connectivity index (χ2n) is 7.87. The topological polar surface area (TPSA) is 64.1 Å². The number of benzene rings is 2. The predicted molar refractivity (Wildman–Crippen MR) is 139 cm³/mol. The van der Waals surface area contributed by atoms with Crippen LogP contribution in [0.3, 0.4) is 0 Å². The normalized spacial score (nSPS) is 14.3. The fourth-order valence-electron chi connectivity index (χ4n) is 3.99. The number of anilines is 1. The molecule has 1 saturated heterocycles. The van der Waals surface area contributed by atoms with Crippen molar-refractivity contribution in [3.8, 4) is 11.5 Å². The molecular formula is C25H31N3O4S2. The summed E-state index contributed by atoms with van der Waals surface area (Å²) in [6, 6.07) is 11.6. The van der Waals surface area contributed by atoms with Crippen LogP contribution >= 0.6 is 23.1 Å². The summed E-state index contributed by atoms with van der Waals surface area (Å²) in [5.74, 6) is 2.30. The summed E-state index contributed by atoms with van der Waals surface area (Å²) >= 11 is 3.19. The quantitative estimate of drug-likeness (QED) is 0.370. The summed E-state index contributed by atoms with van der Waals surface area (Å²) in [5.41, 5.74) is 1.38. The molecule has 1 fully saturated rings. The minimum Gasteiger partial charge on any atom is -0.495 e. The van der Waals surface area contributed by atoms with Crippen LogP contribution in [0, 0.1) is 0 Å². The lowest BCUT2D eigenvalue weighted by molar-refractivity contribution is 0.0376. The van der Waals surface area contributed by atoms with Gasteiger partial charge in [0.2, 0.25) is 0 Å². The summed E-state index contributed by atoms with van der Waals surface area (Å²) in [6.07, 6.45) is 0.847. The molecule has 1 aliphatic heterocycles. The van der Waals surface area contributed by atoms with Gasteiger partial charge in [-0.2, -0.15) is 0 Å². The van der Waals surface area contributed by atoms with Crippen LogP contribution in [0.2, 0.25) is 0 Å². The first-order valence-corrected chi connectivity index (χ1v) is 13.3. The number of hydrogen-bond acceptors (Lipinski definition) is 8. The molecule has 3 aromatic rings. The van der Waals surface area contributed by atoms with Gasteiger partial charge in [-0.1, -0.05) is 24.3 Å². The predicted octanol–water partition coefficient (Wildman–Crippen LogP) is 4.79. The number of carbonyl (C=O) groups is 1. The minimum absolute atomic E-state index is 0.0440. The molecule has 1 aromatic heterocycles. The van der Waals surface area contributed by atoms with Gasteiger partial charge in [0.1, 0.15) is 21.7 Å². The first kappa shape index (κ1) is 24.8. The number of morpholine rings is 1. The number of aromatic nitrogens is 1. The Hall–Kier alpha value is -2.33. The molecule has 0 aliphatic carbocycles. The largest absolute Gasteiger partial charge is 0.495 e. The zero-order valence-corrected chi connectivity index (χ0v) is 21.5. The van der Waals surface area contributed by atoms with Crippen LogP contribution in [-0.2, 0) is 4.74 Å². The maximum atomic E-state index is 13.8. The monoisotopic (exact) mass is 501 g/mol. The minimum atomic E-state index is -0.0440. The Bertz CT molecular complexity index is 1070. The van der Waals surface area contributed by atoms with E-state index in [2.05, 4.69) is 11.8 Å². The second-order valence-corrected chi connectivity index (χ2v) is 10.2. The molecule has 0 unspecified atom stereocenters. The van der Waals surface area contributed by atoms with Gasteiger partial charge in [-0.3, -0.25) is 14.6 Å². The Kier molecular flexibility index (Phi) is 8.66. The van der Waals surface area contributed by atoms with Crippen LogP contribution in [0.1, 0.15) is 23.7 Å². The van der Waals surface area contributed by atoms with Crippen molar-refractivity contribution in [1.82, 2.24) is 9.88 Å². The SMILES string of the molecule is CCSc1cccc(C(=O)N(CCCN2CCOCC2)c2nc3c(OC)ccc(OC)c3s2)c1. The molecular weight excluding hydrogens is 470 g/mol. The molecule has 0 saturated carbocycles. The van der Waals surface area contributed by atoms with E-state index in [0.717, 1.165) is 60.4 Å². The molecule has 0 N–H and O–H groups in total. The van der Waals surface area contributed by atoms with Crippen LogP contribution in [0.4, 0.5) is 5.13 Å². The van der Waals surface area contributed by atoms with Crippen molar-refractivity contribution in [2.24, 2.45) is 0 Å². The summed E-state index contributed by atoms with van der Waals surface area (Å²) < 4.78 is 17.4. The number of thiazole rings is 1. The van der Waals surface area contributed by atoms with Gasteiger partial charge in [-0.05, 0) is 42.5 Å². The molecule has 1 aliphatic rings. The standard InChI is InChI=1S/C25H31N3O4S2/c1-4-33-19-8-5-7-18(17-19)24(29)28(12-6-11-27-13-15-32-16-14-27)25-26-22-20(30-2)9-10-21(31-3)23(22)34-25/h5,7-10,17H,4,6,11-16H2,1-3H3. The van der Waals surface area contributed by atoms with E-state index < -0.39 is 0 Å². The van der Waals surface area contributed by atoms with Gasteiger partial charge in [-0.15, -0.1) is 11.8 Å². The first-order chi connectivity index (χ1) is 16.6. The van der Waals surface area contributed by atoms with Crippen LogP contribution in [-0.4, -0.2) is 75.2 Å². The number of amides is 1. The highest BCUT2D eigenvalue weighted by atomic mass is 32.2. The van der Waals surface area contributed by atoms with Crippen molar-refractivity contribution >= 4 is 44.4 Å². The summed E-state index contributed by atoms with van der Waals surface area (Å²) in [6.45, 7) is 6.99. The number of nitrogens with zero attached hydrogens (tertiary/aromatic N) is 3. The van der Waals surface area contributed by atoms with E-state index in [1.807, 2.05) is 36.4 Å². The molecule has 1 amide bonds. The highest BCUT2D eigenvalue weighted by Crippen LogP contribution is 2.40. The number of rotatable bonds is 10. The molecule has 7 nitrogen and oxygen atoms in total. The van der Waals surface area contributed by atoms with Gasteiger partial charge in [0, 0.05) is 36.6 Å². The summed E-state index contributed by atoms with van der Waals surface area (Å²) in [7, 11) is 3.27. The van der Waals surface area contributed by atoms with Crippen molar-refractivity contribution in [1.29, 1.82) is 0 Å². The van der Waals surface area contributed by atoms with Crippen LogP contribution in [0.25, 0.3) is 10.2 Å². The molecule has 0 spiro atoms. The third kappa shape index (κ3) is 5.66. The first-order valence-electron chi connectivity index (χ1n) is 11.5. The number of carbonyl (C=O) groups excluding carboxylic acids is 1. The van der Waals surface area contributed by atoms with Gasteiger partial charge in [0.15, 0.2) is 5.13 Å². The third-order valence-corrected chi connectivity index (χ3v) is 7.70. The number of hydrogen-bond donors (Lipinski definition) is 0. The highest BCUT2D eigenvalue weighted by molar-refractivity contribution is 7.99. The number of ether oxygens (including phenoxy) is 3. The van der Waals surface area contributed by atoms with Crippen molar-refractivity contribution in [2.45, 2.75) is 18.2 Å². The Morgan fingerprint density at radius 3 is 2.68 bits per heavy atom. The zero-order chi connectivity index (χ0) is 23.9. The lowest BCUT2D eigenvalue weighted by Gasteiger charge is -2.27. The lowest BCUT2D eigenvalue weighted by atomic mass is 10.2. The van der Waals surface area contributed by atoms with Crippen LogP contribution in [0.15, 0.2) is 41.3 Å². The van der Waals surface area contributed by atoms with Gasteiger partial charge in [0.05, 0.1) is 27.4 Å². The second kappa shape index (κ2) is 11.9. The fraction of sp³-hybridized carbons (Fsp3) is 0.440. The fourth-order valence-corrected chi connectivity index (χ4v) is 5.81. The number of thioether (sulfide) groups is 1. The molecule has 2 aromatic carbocycles. The maximum absolute atomic E-state index is 13.8. The van der Waals surface area contributed by atoms with Crippen molar-refractivity contribution < 1.29 is 19.0 Å². The molecule has 0 atom stereocenters. The average Bonchev–Trinajstić information content (AvgIpc) is 3.32. The average molecular weight is 502 g/mol. The molecule has 34 heavy (non-hydrogen) atoms. The molecule has 4 rings (SSSR count). The van der Waals surface area contributed by atoms with Gasteiger partial charge < -0.3 is 14.2 Å². The molecule has 182 valence electrons. The van der Waals surface area contributed by atoms with E-state index in [1.165, 1.54) is 11.3 Å². The van der Waals surface area contributed by atoms with Crippen LogP contribution < -0.4 is 14.4 Å². The maximum Gasteiger partial charge on any atom is 0.260 e. The Balaban J connectivity index is 1.65. The van der Waals surface area contributed by atoms with Gasteiger partial charge >= 0.3 is 0 Å². The van der Waals surface area contributed by atoms with Crippen molar-refractivity contribution in [3.63, 3.8) is 0 Å². The van der Waals surface area contributed by atoms with Gasteiger partial charge in [-0.25, -0.2) is 4.98 Å². The van der Waals surface area contributed by atoms with E-state index in [0.29, 0.717) is 28.5 Å². The van der Waals surface area contributed by atoms with E-state index in [4.69, 9.17) is 19.2 Å². The van der Waals surface area contributed by atoms with Crippen molar-refractivity contribution in [3.05, 3.63) is 42.0 Å². The molecule has 9 heteroatoms. The smallest absolute Gasteiger partial charge is 0.260 e. The Morgan fingerprint density at radius 2 is 1.94 bits per heavy atom. The molecule has 0 bridgehead atoms. The summed E-state index contributed by atoms with van der Waals surface area (Å²) in [5, 5.41) is 0.651. The Morgan fingerprint density at radius 1 is 1.18 bits per heavy atom. The van der Waals surface area contributed by atoms with Crippen LogP contribution in [0.5, 0.6) is 11.5 Å². The molecule has 0 radical (unpaired) electrons.